The van der Waals surface area contributed by atoms with E-state index >= 15 is 0 Å². The van der Waals surface area contributed by atoms with Crippen molar-refractivity contribution in [3.63, 3.8) is 0 Å². The first-order chi connectivity index (χ1) is 13.3. The molecule has 1 heterocycles. The van der Waals surface area contributed by atoms with Gasteiger partial charge in [-0.2, -0.15) is 0 Å². The fraction of sp³-hybridized carbons (Fsp3) is 0.200. The summed E-state index contributed by atoms with van der Waals surface area (Å²) < 4.78 is 5.04. The molecule has 1 aliphatic rings. The maximum absolute atomic E-state index is 12.2. The lowest BCUT2D eigenvalue weighted by atomic mass is 10.1. The van der Waals surface area contributed by atoms with E-state index in [2.05, 4.69) is 10.6 Å². The van der Waals surface area contributed by atoms with Crippen LogP contribution in [-0.4, -0.2) is 35.4 Å². The van der Waals surface area contributed by atoms with Gasteiger partial charge < -0.3 is 15.4 Å². The quantitative estimate of drug-likeness (QED) is 0.593. The number of carbonyl (C=O) groups is 4. The van der Waals surface area contributed by atoms with Crippen LogP contribution < -0.4 is 10.6 Å². The van der Waals surface area contributed by atoms with E-state index in [4.69, 9.17) is 4.74 Å². The summed E-state index contributed by atoms with van der Waals surface area (Å²) >= 11 is 1.41. The number of amides is 2. The lowest BCUT2D eigenvalue weighted by Crippen LogP contribution is -2.26. The molecule has 1 atom stereocenters. The number of rotatable bonds is 5. The van der Waals surface area contributed by atoms with Crippen molar-refractivity contribution in [1.29, 1.82) is 0 Å². The molecule has 0 saturated carbocycles. The lowest BCUT2D eigenvalue weighted by molar-refractivity contribution is -0.119. The fourth-order valence-corrected chi connectivity index (χ4v) is 3.47. The molecule has 2 aromatic carbocycles. The molecule has 0 saturated heterocycles. The van der Waals surface area contributed by atoms with Crippen molar-refractivity contribution in [3.8, 4) is 0 Å². The number of nitrogens with one attached hydrogen (secondary N) is 2. The molecule has 3 rings (SSSR count). The molecular formula is C20H18N2O5S. The van der Waals surface area contributed by atoms with Gasteiger partial charge in [0.15, 0.2) is 12.4 Å². The van der Waals surface area contributed by atoms with Crippen LogP contribution in [0.5, 0.6) is 0 Å². The number of thioether (sulfide) groups is 1. The zero-order chi connectivity index (χ0) is 20.3. The van der Waals surface area contributed by atoms with E-state index in [0.717, 1.165) is 4.90 Å². The maximum Gasteiger partial charge on any atom is 0.338 e. The normalized spacial score (nSPS) is 15.2. The molecule has 2 aromatic rings. The predicted molar refractivity (Wildman–Crippen MR) is 106 cm³/mol. The minimum Gasteiger partial charge on any atom is -0.452 e. The van der Waals surface area contributed by atoms with Gasteiger partial charge in [-0.1, -0.05) is 0 Å². The molecule has 8 heteroatoms. The Hall–Kier alpha value is -3.13. The summed E-state index contributed by atoms with van der Waals surface area (Å²) in [4.78, 5) is 48.0. The number of carbonyl (C=O) groups excluding carboxylic acids is 4. The van der Waals surface area contributed by atoms with Gasteiger partial charge in [-0.25, -0.2) is 4.79 Å². The van der Waals surface area contributed by atoms with Crippen LogP contribution in [0, 0.1) is 0 Å². The van der Waals surface area contributed by atoms with Crippen LogP contribution in [-0.2, 0) is 14.3 Å². The van der Waals surface area contributed by atoms with Gasteiger partial charge in [0.05, 0.1) is 16.5 Å². The van der Waals surface area contributed by atoms with Gasteiger partial charge in [0.25, 0.3) is 5.91 Å². The first-order valence-electron chi connectivity index (χ1n) is 8.53. The summed E-state index contributed by atoms with van der Waals surface area (Å²) in [5.74, 6) is -1.36. The van der Waals surface area contributed by atoms with E-state index < -0.39 is 18.5 Å². The molecule has 2 N–H and O–H groups in total. The van der Waals surface area contributed by atoms with Crippen molar-refractivity contribution >= 4 is 46.7 Å². The molecule has 28 heavy (non-hydrogen) atoms. The highest BCUT2D eigenvalue weighted by atomic mass is 32.2. The average Bonchev–Trinajstić information content (AvgIpc) is 2.67. The largest absolute Gasteiger partial charge is 0.452 e. The van der Waals surface area contributed by atoms with Gasteiger partial charge in [0, 0.05) is 16.1 Å². The SMILES string of the molecule is CC(=O)c1ccc(NC(=O)COC(=O)c2ccc3c(c2)NC(=O)C(C)S3)cc1. The van der Waals surface area contributed by atoms with Crippen LogP contribution in [0.15, 0.2) is 47.4 Å². The molecule has 0 aliphatic carbocycles. The number of Topliss-reactive ketones (excluding diaryl/α,β-unsaturated/α-hetero) is 1. The summed E-state index contributed by atoms with van der Waals surface area (Å²) in [5, 5.41) is 5.14. The number of fused-ring (bicyclic) bond motifs is 1. The Bertz CT molecular complexity index is 956. The van der Waals surface area contributed by atoms with Crippen LogP contribution in [0.1, 0.15) is 34.6 Å². The van der Waals surface area contributed by atoms with E-state index in [9.17, 15) is 19.2 Å². The van der Waals surface area contributed by atoms with Crippen LogP contribution >= 0.6 is 11.8 Å². The summed E-state index contributed by atoms with van der Waals surface area (Å²) in [5.41, 5.74) is 1.83. The van der Waals surface area contributed by atoms with Gasteiger partial charge in [-0.05, 0) is 56.3 Å². The monoisotopic (exact) mass is 398 g/mol. The number of anilines is 2. The third-order valence-corrected chi connectivity index (χ3v) is 5.23. The molecule has 7 nitrogen and oxygen atoms in total. The highest BCUT2D eigenvalue weighted by Gasteiger charge is 2.24. The first-order valence-corrected chi connectivity index (χ1v) is 9.41. The Labute approximate surface area is 165 Å². The Morgan fingerprint density at radius 1 is 1.11 bits per heavy atom. The number of hydrogen-bond acceptors (Lipinski definition) is 6. The maximum atomic E-state index is 12.2. The van der Waals surface area contributed by atoms with Crippen LogP contribution in [0.4, 0.5) is 11.4 Å². The highest BCUT2D eigenvalue weighted by Crippen LogP contribution is 2.36. The molecule has 0 bridgehead atoms. The molecule has 144 valence electrons. The number of esters is 1. The Kier molecular flexibility index (Phi) is 5.79. The predicted octanol–water partition coefficient (Wildman–Crippen LogP) is 3.12. The molecule has 0 fully saturated rings. The third-order valence-electron chi connectivity index (χ3n) is 4.06. The Balaban J connectivity index is 1.56. The lowest BCUT2D eigenvalue weighted by Gasteiger charge is -2.21. The van der Waals surface area contributed by atoms with Crippen LogP contribution in [0.25, 0.3) is 0 Å². The summed E-state index contributed by atoms with van der Waals surface area (Å²) in [6, 6.07) is 11.3. The highest BCUT2D eigenvalue weighted by molar-refractivity contribution is 8.00. The van der Waals surface area contributed by atoms with Crippen LogP contribution in [0.2, 0.25) is 0 Å². The van der Waals surface area contributed by atoms with Crippen molar-refractivity contribution in [1.82, 2.24) is 0 Å². The van der Waals surface area contributed by atoms with E-state index in [0.29, 0.717) is 16.9 Å². The van der Waals surface area contributed by atoms with Crippen molar-refractivity contribution in [2.45, 2.75) is 24.0 Å². The minimum absolute atomic E-state index is 0.0686. The smallest absolute Gasteiger partial charge is 0.338 e. The second kappa shape index (κ2) is 8.26. The Morgan fingerprint density at radius 2 is 1.79 bits per heavy atom. The summed E-state index contributed by atoms with van der Waals surface area (Å²) in [6.45, 7) is 2.80. The van der Waals surface area contributed by atoms with Crippen molar-refractivity contribution in [2.24, 2.45) is 0 Å². The van der Waals surface area contributed by atoms with E-state index in [1.54, 1.807) is 43.3 Å². The molecule has 1 unspecified atom stereocenters. The van der Waals surface area contributed by atoms with E-state index in [1.807, 2.05) is 0 Å². The summed E-state index contributed by atoms with van der Waals surface area (Å²) in [7, 11) is 0. The van der Waals surface area contributed by atoms with Crippen LogP contribution in [0.3, 0.4) is 0 Å². The topological polar surface area (TPSA) is 102 Å². The van der Waals surface area contributed by atoms with Gasteiger partial charge in [-0.3, -0.25) is 14.4 Å². The molecular weight excluding hydrogens is 380 g/mol. The minimum atomic E-state index is -0.664. The fourth-order valence-electron chi connectivity index (χ4n) is 2.54. The van der Waals surface area contributed by atoms with E-state index in [-0.39, 0.29) is 22.5 Å². The number of ether oxygens (including phenoxy) is 1. The molecule has 0 spiro atoms. The molecule has 0 aromatic heterocycles. The zero-order valence-corrected chi connectivity index (χ0v) is 16.1. The second-order valence-electron chi connectivity index (χ2n) is 6.22. The first kappa shape index (κ1) is 19.6. The standard InChI is InChI=1S/C20H18N2O5S/c1-11(23)13-3-6-15(7-4-13)21-18(24)10-27-20(26)14-5-8-17-16(9-14)22-19(25)12(2)28-17/h3-9,12H,10H2,1-2H3,(H,21,24)(H,22,25). The summed E-state index contributed by atoms with van der Waals surface area (Å²) in [6.07, 6.45) is 0. The third kappa shape index (κ3) is 4.58. The van der Waals surface area contributed by atoms with Gasteiger partial charge >= 0.3 is 5.97 Å². The molecule has 2 amide bonds. The zero-order valence-electron chi connectivity index (χ0n) is 15.3. The van der Waals surface area contributed by atoms with Gasteiger partial charge in [0.1, 0.15) is 0 Å². The van der Waals surface area contributed by atoms with Crippen molar-refractivity contribution in [2.75, 3.05) is 17.2 Å². The second-order valence-corrected chi connectivity index (χ2v) is 7.60. The van der Waals surface area contributed by atoms with E-state index in [1.165, 1.54) is 24.8 Å². The number of ketones is 1. The number of hydrogen-bond donors (Lipinski definition) is 2. The molecule has 1 aliphatic heterocycles. The average molecular weight is 398 g/mol. The molecule has 0 radical (unpaired) electrons. The van der Waals surface area contributed by atoms with Crippen molar-refractivity contribution in [3.05, 3.63) is 53.6 Å². The number of benzene rings is 2. The van der Waals surface area contributed by atoms with Crippen molar-refractivity contribution < 1.29 is 23.9 Å². The van der Waals surface area contributed by atoms with Gasteiger partial charge in [0.2, 0.25) is 5.91 Å². The Morgan fingerprint density at radius 3 is 2.46 bits per heavy atom. The van der Waals surface area contributed by atoms with Gasteiger partial charge in [-0.15, -0.1) is 11.8 Å².